The van der Waals surface area contributed by atoms with E-state index in [4.69, 9.17) is 0 Å². The van der Waals surface area contributed by atoms with E-state index in [0.29, 0.717) is 0 Å². The van der Waals surface area contributed by atoms with Crippen molar-refractivity contribution in [1.29, 1.82) is 0 Å². The van der Waals surface area contributed by atoms with Gasteiger partial charge in [0.2, 0.25) is 5.91 Å². The van der Waals surface area contributed by atoms with Gasteiger partial charge in [0.25, 0.3) is 0 Å². The number of amides is 1. The first-order valence-corrected chi connectivity index (χ1v) is 5.24. The highest BCUT2D eigenvalue weighted by Gasteiger charge is 2.28. The van der Waals surface area contributed by atoms with Crippen LogP contribution in [0.4, 0.5) is 0 Å². The quantitative estimate of drug-likeness (QED) is 0.697. The Morgan fingerprint density at radius 2 is 2.33 bits per heavy atom. The number of nitrogens with zero attached hydrogens (tertiary/aromatic N) is 3. The number of carbonyl (C=O) groups excluding carboxylic acids is 1. The predicted molar refractivity (Wildman–Crippen MR) is 56.1 cm³/mol. The molecule has 1 fully saturated rings. The molecule has 0 aliphatic carbocycles. The highest BCUT2D eigenvalue weighted by molar-refractivity contribution is 5.74. The second kappa shape index (κ2) is 3.96. The summed E-state index contributed by atoms with van der Waals surface area (Å²) in [7, 11) is 0. The van der Waals surface area contributed by atoms with Gasteiger partial charge in [-0.3, -0.25) is 14.8 Å². The van der Waals surface area contributed by atoms with Gasteiger partial charge in [-0.2, -0.15) is 0 Å². The second-order valence-electron chi connectivity index (χ2n) is 3.96. The molecule has 4 nitrogen and oxygen atoms in total. The number of aromatic nitrogens is 2. The molecular weight excluding hydrogens is 190 g/mol. The van der Waals surface area contributed by atoms with Gasteiger partial charge in [0.1, 0.15) is 0 Å². The summed E-state index contributed by atoms with van der Waals surface area (Å²) in [4.78, 5) is 21.8. The van der Waals surface area contributed by atoms with Gasteiger partial charge in [0.05, 0.1) is 23.6 Å². The minimum Gasteiger partial charge on any atom is -0.334 e. The summed E-state index contributed by atoms with van der Waals surface area (Å²) in [6.45, 7) is 4.38. The van der Waals surface area contributed by atoms with E-state index < -0.39 is 0 Å². The third kappa shape index (κ3) is 1.98. The fraction of sp³-hybridized carbons (Fsp3) is 0.545. The van der Waals surface area contributed by atoms with Crippen molar-refractivity contribution in [2.45, 2.75) is 32.7 Å². The van der Waals surface area contributed by atoms with E-state index in [2.05, 4.69) is 9.97 Å². The van der Waals surface area contributed by atoms with Gasteiger partial charge in [0, 0.05) is 19.7 Å². The summed E-state index contributed by atoms with van der Waals surface area (Å²) >= 11 is 0. The highest BCUT2D eigenvalue weighted by atomic mass is 16.2. The van der Waals surface area contributed by atoms with Crippen LogP contribution in [0.15, 0.2) is 12.4 Å². The molecule has 1 aliphatic heterocycles. The number of aryl methyl sites for hydroxylation is 1. The molecule has 1 aromatic rings. The van der Waals surface area contributed by atoms with Crippen LogP contribution >= 0.6 is 0 Å². The van der Waals surface area contributed by atoms with Crippen molar-refractivity contribution in [2.75, 3.05) is 6.54 Å². The van der Waals surface area contributed by atoms with Gasteiger partial charge in [-0.1, -0.05) is 0 Å². The zero-order chi connectivity index (χ0) is 10.8. The van der Waals surface area contributed by atoms with Crippen molar-refractivity contribution in [2.24, 2.45) is 0 Å². The van der Waals surface area contributed by atoms with E-state index >= 15 is 0 Å². The monoisotopic (exact) mass is 205 g/mol. The SMILES string of the molecule is CC(=O)N1CCCC1c1cncc(C)n1. The van der Waals surface area contributed by atoms with Crippen molar-refractivity contribution in [3.63, 3.8) is 0 Å². The maximum absolute atomic E-state index is 11.4. The summed E-state index contributed by atoms with van der Waals surface area (Å²) in [5.74, 6) is 0.126. The normalized spacial score (nSPS) is 20.7. The van der Waals surface area contributed by atoms with Gasteiger partial charge in [-0.25, -0.2) is 0 Å². The van der Waals surface area contributed by atoms with Gasteiger partial charge in [-0.05, 0) is 19.8 Å². The van der Waals surface area contributed by atoms with Crippen LogP contribution in [0, 0.1) is 6.92 Å². The summed E-state index contributed by atoms with van der Waals surface area (Å²) in [6.07, 6.45) is 5.55. The predicted octanol–water partition coefficient (Wildman–Crippen LogP) is 1.47. The van der Waals surface area contributed by atoms with Crippen molar-refractivity contribution in [3.8, 4) is 0 Å². The van der Waals surface area contributed by atoms with Crippen molar-refractivity contribution < 1.29 is 4.79 Å². The number of rotatable bonds is 1. The lowest BCUT2D eigenvalue weighted by molar-refractivity contribution is -0.129. The van der Waals surface area contributed by atoms with E-state index in [9.17, 15) is 4.79 Å². The smallest absolute Gasteiger partial charge is 0.220 e. The topological polar surface area (TPSA) is 46.1 Å². The highest BCUT2D eigenvalue weighted by Crippen LogP contribution is 2.30. The Morgan fingerprint density at radius 3 is 3.00 bits per heavy atom. The summed E-state index contributed by atoms with van der Waals surface area (Å²) < 4.78 is 0. The molecule has 0 saturated carbocycles. The number of hydrogen-bond acceptors (Lipinski definition) is 3. The fourth-order valence-corrected chi connectivity index (χ4v) is 2.09. The molecule has 1 aliphatic rings. The maximum atomic E-state index is 11.4. The largest absolute Gasteiger partial charge is 0.334 e. The van der Waals surface area contributed by atoms with Gasteiger partial charge in [0.15, 0.2) is 0 Å². The molecule has 1 saturated heterocycles. The average molecular weight is 205 g/mol. The van der Waals surface area contributed by atoms with E-state index in [1.165, 1.54) is 0 Å². The molecule has 0 spiro atoms. The van der Waals surface area contributed by atoms with Crippen molar-refractivity contribution in [1.82, 2.24) is 14.9 Å². The molecule has 80 valence electrons. The molecule has 1 amide bonds. The molecule has 0 radical (unpaired) electrons. The zero-order valence-electron chi connectivity index (χ0n) is 9.10. The molecule has 0 bridgehead atoms. The first kappa shape index (κ1) is 10.1. The van der Waals surface area contributed by atoms with Gasteiger partial charge < -0.3 is 4.90 Å². The van der Waals surface area contributed by atoms with Gasteiger partial charge in [-0.15, -0.1) is 0 Å². The first-order valence-electron chi connectivity index (χ1n) is 5.24. The summed E-state index contributed by atoms with van der Waals surface area (Å²) in [6, 6.07) is 0.134. The third-order valence-corrected chi connectivity index (χ3v) is 2.77. The van der Waals surface area contributed by atoms with E-state index in [0.717, 1.165) is 30.8 Å². The van der Waals surface area contributed by atoms with Crippen LogP contribution in [-0.4, -0.2) is 27.3 Å². The van der Waals surface area contributed by atoms with Crippen LogP contribution < -0.4 is 0 Å². The van der Waals surface area contributed by atoms with E-state index in [-0.39, 0.29) is 11.9 Å². The number of likely N-dealkylation sites (tertiary alicyclic amines) is 1. The van der Waals surface area contributed by atoms with Crippen LogP contribution in [0.5, 0.6) is 0 Å². The third-order valence-electron chi connectivity index (χ3n) is 2.77. The zero-order valence-corrected chi connectivity index (χ0v) is 9.10. The maximum Gasteiger partial charge on any atom is 0.220 e. The Hall–Kier alpha value is -1.45. The van der Waals surface area contributed by atoms with E-state index in [1.54, 1.807) is 19.3 Å². The lowest BCUT2D eigenvalue weighted by Gasteiger charge is -2.22. The molecular formula is C11H15N3O. The molecule has 4 heteroatoms. The molecule has 1 aromatic heterocycles. The van der Waals surface area contributed by atoms with Crippen LogP contribution in [0.2, 0.25) is 0 Å². The van der Waals surface area contributed by atoms with Crippen LogP contribution in [0.25, 0.3) is 0 Å². The van der Waals surface area contributed by atoms with E-state index in [1.807, 2.05) is 11.8 Å². The molecule has 15 heavy (non-hydrogen) atoms. The molecule has 0 aromatic carbocycles. The van der Waals surface area contributed by atoms with Gasteiger partial charge >= 0.3 is 0 Å². The Bertz CT molecular complexity index is 378. The second-order valence-corrected chi connectivity index (χ2v) is 3.96. The molecule has 1 atom stereocenters. The lowest BCUT2D eigenvalue weighted by atomic mass is 10.1. The van der Waals surface area contributed by atoms with Crippen LogP contribution in [0.3, 0.4) is 0 Å². The number of hydrogen-bond donors (Lipinski definition) is 0. The average Bonchev–Trinajstić information content (AvgIpc) is 2.65. The van der Waals surface area contributed by atoms with Crippen molar-refractivity contribution in [3.05, 3.63) is 23.8 Å². The molecule has 2 rings (SSSR count). The summed E-state index contributed by atoms with van der Waals surface area (Å²) in [5, 5.41) is 0. The molecule has 0 N–H and O–H groups in total. The Labute approximate surface area is 89.3 Å². The minimum absolute atomic E-state index is 0.126. The van der Waals surface area contributed by atoms with Crippen molar-refractivity contribution >= 4 is 5.91 Å². The first-order chi connectivity index (χ1) is 7.18. The number of carbonyl (C=O) groups is 1. The standard InChI is InChI=1S/C11H15N3O/c1-8-6-12-7-10(13-8)11-4-3-5-14(11)9(2)15/h6-7,11H,3-5H2,1-2H3. The summed E-state index contributed by atoms with van der Waals surface area (Å²) in [5.41, 5.74) is 1.82. The Balaban J connectivity index is 2.26. The Kier molecular flexibility index (Phi) is 2.66. The van der Waals surface area contributed by atoms with Crippen LogP contribution in [0.1, 0.15) is 37.2 Å². The Morgan fingerprint density at radius 1 is 1.53 bits per heavy atom. The van der Waals surface area contributed by atoms with Crippen LogP contribution in [-0.2, 0) is 4.79 Å². The lowest BCUT2D eigenvalue weighted by Crippen LogP contribution is -2.28. The fourth-order valence-electron chi connectivity index (χ4n) is 2.09. The minimum atomic E-state index is 0.126. The molecule has 1 unspecified atom stereocenters. The molecule has 2 heterocycles.